The van der Waals surface area contributed by atoms with Crippen LogP contribution in [0.1, 0.15) is 29.5 Å². The molecule has 0 saturated heterocycles. The van der Waals surface area contributed by atoms with Gasteiger partial charge < -0.3 is 4.90 Å². The van der Waals surface area contributed by atoms with Gasteiger partial charge in [0.1, 0.15) is 0 Å². The lowest BCUT2D eigenvalue weighted by Crippen LogP contribution is -2.53. The highest BCUT2D eigenvalue weighted by molar-refractivity contribution is 7.63. The molecule has 262 valence electrons. The molecule has 1 spiro atoms. The molecule has 4 unspecified atom stereocenters. The van der Waals surface area contributed by atoms with Crippen molar-refractivity contribution in [1.29, 1.82) is 0 Å². The van der Waals surface area contributed by atoms with E-state index in [1.165, 1.54) is 72.2 Å². The van der Waals surface area contributed by atoms with Crippen LogP contribution in [0.25, 0.3) is 55.3 Å². The van der Waals surface area contributed by atoms with Crippen LogP contribution in [0.4, 0.5) is 5.69 Å². The smallest absolute Gasteiger partial charge is 0.333 e. The Bertz CT molecular complexity index is 3070. The minimum Gasteiger partial charge on any atom is -0.333 e. The van der Waals surface area contributed by atoms with E-state index in [1.807, 2.05) is 0 Å². The number of hydrogen-bond acceptors (Lipinski definition) is 2. The number of allylic oxidation sites excluding steroid dienone is 4. The van der Waals surface area contributed by atoms with Gasteiger partial charge in [0, 0.05) is 39.6 Å². The van der Waals surface area contributed by atoms with Crippen molar-refractivity contribution in [3.63, 3.8) is 0 Å². The molecule has 0 amide bonds. The fraction of sp³-hybridized carbons (Fsp3) is 0.0943. The quantitative estimate of drug-likeness (QED) is 0.165. The van der Waals surface area contributed by atoms with Gasteiger partial charge in [-0.1, -0.05) is 144 Å². The number of nitrogens with zero attached hydrogens (tertiary/aromatic N) is 1. The van der Waals surface area contributed by atoms with Gasteiger partial charge in [0.05, 0.1) is 11.5 Å². The zero-order valence-electron chi connectivity index (χ0n) is 30.6. The van der Waals surface area contributed by atoms with Crippen molar-refractivity contribution in [1.82, 2.24) is 0 Å². The molecule has 4 atom stereocenters. The van der Waals surface area contributed by atoms with E-state index in [0.29, 0.717) is 0 Å². The van der Waals surface area contributed by atoms with Crippen molar-refractivity contribution in [3.8, 4) is 44.5 Å². The summed E-state index contributed by atoms with van der Waals surface area (Å²) in [4.78, 5) is 2.66. The number of hydrogen-bond donors (Lipinski definition) is 0. The maximum atomic E-state index is 15.7. The molecular formula is C53H35NOP+. The first kappa shape index (κ1) is 30.9. The van der Waals surface area contributed by atoms with Gasteiger partial charge in [0.2, 0.25) is 10.6 Å². The predicted octanol–water partition coefficient (Wildman–Crippen LogP) is 12.2. The molecule has 3 heterocycles. The van der Waals surface area contributed by atoms with Gasteiger partial charge in [0.15, 0.2) is 0 Å². The SMILES string of the molecule is O=[P+]1c2c(-c3ccccc3)cccc2-c2ccc3c(c21)-c1c(-c2ccc4ccccc4c2)cccc1C31c2ccccc2N2C3=C(CCC=C3)C3=CC=CC1C32. The average molecular weight is 733 g/mol. The maximum Gasteiger partial charge on any atom is 0.417 e. The first-order valence-electron chi connectivity index (χ1n) is 19.9. The first-order chi connectivity index (χ1) is 27.7. The molecule has 0 radical (unpaired) electrons. The van der Waals surface area contributed by atoms with Crippen molar-refractivity contribution in [3.05, 3.63) is 210 Å². The monoisotopic (exact) mass is 732 g/mol. The van der Waals surface area contributed by atoms with Crippen molar-refractivity contribution in [2.45, 2.75) is 24.3 Å². The van der Waals surface area contributed by atoms with Crippen LogP contribution in [-0.2, 0) is 9.98 Å². The van der Waals surface area contributed by atoms with Gasteiger partial charge in [0.25, 0.3) is 0 Å². The third-order valence-electron chi connectivity index (χ3n) is 13.6. The number of fused-ring (bicyclic) bond motifs is 16. The Labute approximate surface area is 327 Å². The summed E-state index contributed by atoms with van der Waals surface area (Å²) < 4.78 is 15.7. The van der Waals surface area contributed by atoms with E-state index in [4.69, 9.17) is 0 Å². The van der Waals surface area contributed by atoms with Gasteiger partial charge in [-0.05, 0) is 110 Å². The molecule has 0 bridgehead atoms. The molecule has 0 aromatic heterocycles. The Hall–Kier alpha value is -6.34. The van der Waals surface area contributed by atoms with Crippen LogP contribution in [-0.4, -0.2) is 6.04 Å². The summed E-state index contributed by atoms with van der Waals surface area (Å²) in [5.74, 6) is 0.114. The summed E-state index contributed by atoms with van der Waals surface area (Å²) in [6, 6.07) is 53.5. The van der Waals surface area contributed by atoms with E-state index in [-0.39, 0.29) is 12.0 Å². The maximum absolute atomic E-state index is 15.7. The largest absolute Gasteiger partial charge is 0.417 e. The zero-order chi connectivity index (χ0) is 36.7. The van der Waals surface area contributed by atoms with Crippen molar-refractivity contribution in [2.24, 2.45) is 5.92 Å². The molecule has 0 fully saturated rings. The second-order valence-corrected chi connectivity index (χ2v) is 17.5. The topological polar surface area (TPSA) is 20.3 Å². The molecule has 6 aliphatic rings. The van der Waals surface area contributed by atoms with Crippen LogP contribution in [0, 0.1) is 5.92 Å². The summed E-state index contributed by atoms with van der Waals surface area (Å²) in [7, 11) is -1.93. The van der Waals surface area contributed by atoms with E-state index in [0.717, 1.165) is 45.7 Å². The Morgan fingerprint density at radius 2 is 1.36 bits per heavy atom. The second kappa shape index (κ2) is 11.1. The van der Waals surface area contributed by atoms with E-state index in [9.17, 15) is 0 Å². The van der Waals surface area contributed by atoms with E-state index in [2.05, 4.69) is 181 Å². The Morgan fingerprint density at radius 3 is 2.29 bits per heavy atom. The molecule has 56 heavy (non-hydrogen) atoms. The number of benzene rings is 7. The molecule has 3 aliphatic carbocycles. The van der Waals surface area contributed by atoms with Crippen LogP contribution in [0.2, 0.25) is 0 Å². The van der Waals surface area contributed by atoms with Crippen LogP contribution in [0.3, 0.4) is 0 Å². The highest BCUT2D eigenvalue weighted by Gasteiger charge is 2.62. The van der Waals surface area contributed by atoms with Gasteiger partial charge in [-0.25, -0.2) is 0 Å². The van der Waals surface area contributed by atoms with Crippen LogP contribution < -0.4 is 15.5 Å². The van der Waals surface area contributed by atoms with Gasteiger partial charge in [-0.2, -0.15) is 0 Å². The number of rotatable bonds is 2. The van der Waals surface area contributed by atoms with Crippen molar-refractivity contribution in [2.75, 3.05) is 4.90 Å². The molecule has 2 nitrogen and oxygen atoms in total. The number of anilines is 1. The van der Waals surface area contributed by atoms with Crippen molar-refractivity contribution >= 4 is 34.9 Å². The standard InChI is InChI=1S/C53H35NOP/c55-56-51-37(33-14-2-1-3-15-33)19-10-21-40(51)41-29-30-44-49(52(41)56)48-36(35-28-27-32-13-4-5-16-34(32)31-35)18-11-23-43(48)53(44)42-22-7-9-26-47(42)54-46-25-8-6-17-38(46)39-20-12-24-45(53)50(39)54/h1-5,7-16,18-31,45,50H,6,17H2/q+1. The minimum absolute atomic E-state index is 0.114. The summed E-state index contributed by atoms with van der Waals surface area (Å²) in [5.41, 5.74) is 18.1. The predicted molar refractivity (Wildman–Crippen MR) is 231 cm³/mol. The summed E-state index contributed by atoms with van der Waals surface area (Å²) in [6.07, 6.45) is 14.1. The Kier molecular flexibility index (Phi) is 6.15. The summed E-state index contributed by atoms with van der Waals surface area (Å²) in [6.45, 7) is 0. The third-order valence-corrected chi connectivity index (χ3v) is 15.4. The van der Waals surface area contributed by atoms with Crippen LogP contribution in [0.5, 0.6) is 0 Å². The lowest BCUT2D eigenvalue weighted by atomic mass is 9.57. The summed E-state index contributed by atoms with van der Waals surface area (Å²) >= 11 is 0. The molecule has 7 aromatic rings. The van der Waals surface area contributed by atoms with Crippen LogP contribution >= 0.6 is 7.80 Å². The zero-order valence-corrected chi connectivity index (χ0v) is 31.5. The third kappa shape index (κ3) is 3.74. The molecule has 0 N–H and O–H groups in total. The molecule has 3 aliphatic heterocycles. The highest BCUT2D eigenvalue weighted by atomic mass is 31.1. The normalized spacial score (nSPS) is 22.0. The fourth-order valence-corrected chi connectivity index (χ4v) is 13.4. The fourth-order valence-electron chi connectivity index (χ4n) is 11.5. The number of para-hydroxylation sites is 1. The molecule has 3 heteroatoms. The second-order valence-electron chi connectivity index (χ2n) is 16.0. The first-order valence-corrected chi connectivity index (χ1v) is 21.1. The lowest BCUT2D eigenvalue weighted by molar-refractivity contribution is 0.387. The average Bonchev–Trinajstić information content (AvgIpc) is 3.87. The van der Waals surface area contributed by atoms with E-state index in [1.54, 1.807) is 0 Å². The van der Waals surface area contributed by atoms with Gasteiger partial charge >= 0.3 is 7.80 Å². The van der Waals surface area contributed by atoms with Gasteiger partial charge in [-0.15, -0.1) is 0 Å². The Balaban J connectivity index is 1.15. The lowest BCUT2D eigenvalue weighted by Gasteiger charge is -2.52. The van der Waals surface area contributed by atoms with Gasteiger partial charge in [-0.3, -0.25) is 0 Å². The molecule has 0 saturated carbocycles. The molecule has 13 rings (SSSR count). The summed E-state index contributed by atoms with van der Waals surface area (Å²) in [5, 5.41) is 4.40. The minimum atomic E-state index is -1.93. The molecular weight excluding hydrogens is 698 g/mol. The Morgan fingerprint density at radius 1 is 0.607 bits per heavy atom. The van der Waals surface area contributed by atoms with Crippen LogP contribution in [0.15, 0.2) is 193 Å². The highest BCUT2D eigenvalue weighted by Crippen LogP contribution is 2.67. The van der Waals surface area contributed by atoms with E-state index < -0.39 is 13.2 Å². The molecule has 7 aromatic carbocycles. The van der Waals surface area contributed by atoms with Crippen molar-refractivity contribution < 1.29 is 4.57 Å². The van der Waals surface area contributed by atoms with E-state index >= 15 is 4.57 Å².